The minimum Gasteiger partial charge on any atom is -0.344 e. The van der Waals surface area contributed by atoms with Gasteiger partial charge in [-0.2, -0.15) is 4.98 Å². The van der Waals surface area contributed by atoms with Crippen molar-refractivity contribution in [2.45, 2.75) is 39.7 Å². The fraction of sp³-hybridized carbons (Fsp3) is 0.318. The summed E-state index contributed by atoms with van der Waals surface area (Å²) < 4.78 is 18.5. The first-order chi connectivity index (χ1) is 13.5. The number of aromatic nitrogens is 2. The van der Waals surface area contributed by atoms with Crippen molar-refractivity contribution in [1.82, 2.24) is 15.5 Å². The highest BCUT2D eigenvalue weighted by molar-refractivity contribution is 5.79. The first-order valence-corrected chi connectivity index (χ1v) is 9.40. The van der Waals surface area contributed by atoms with Gasteiger partial charge in [0.1, 0.15) is 11.9 Å². The largest absolute Gasteiger partial charge is 0.344 e. The topological polar surface area (TPSA) is 68.0 Å². The molecule has 1 N–H and O–H groups in total. The molecule has 5 nitrogen and oxygen atoms in total. The van der Waals surface area contributed by atoms with E-state index in [1.54, 1.807) is 12.1 Å². The summed E-state index contributed by atoms with van der Waals surface area (Å²) in [5.41, 5.74) is 2.76. The monoisotopic (exact) mass is 381 g/mol. The van der Waals surface area contributed by atoms with Crippen LogP contribution in [-0.2, 0) is 11.2 Å². The molecule has 1 aromatic heterocycles. The van der Waals surface area contributed by atoms with Crippen molar-refractivity contribution >= 4 is 5.91 Å². The molecule has 1 heterocycles. The second kappa shape index (κ2) is 8.78. The van der Waals surface area contributed by atoms with Crippen molar-refractivity contribution in [3.8, 4) is 11.4 Å². The molecule has 2 atom stereocenters. The Morgan fingerprint density at radius 2 is 1.82 bits per heavy atom. The van der Waals surface area contributed by atoms with Crippen LogP contribution in [0.1, 0.15) is 43.3 Å². The Morgan fingerprint density at radius 1 is 1.14 bits per heavy atom. The number of rotatable bonds is 7. The van der Waals surface area contributed by atoms with Gasteiger partial charge in [0.2, 0.25) is 17.6 Å². The van der Waals surface area contributed by atoms with Crippen LogP contribution in [0, 0.1) is 18.7 Å². The summed E-state index contributed by atoms with van der Waals surface area (Å²) in [6, 6.07) is 13.4. The number of nitrogens with zero attached hydrogens (tertiary/aromatic N) is 2. The summed E-state index contributed by atoms with van der Waals surface area (Å²) in [7, 11) is 0. The van der Waals surface area contributed by atoms with Crippen LogP contribution in [0.2, 0.25) is 0 Å². The van der Waals surface area contributed by atoms with Crippen LogP contribution in [0.25, 0.3) is 11.4 Å². The third kappa shape index (κ3) is 4.82. The molecular weight excluding hydrogens is 357 g/mol. The van der Waals surface area contributed by atoms with E-state index in [0.29, 0.717) is 11.7 Å². The van der Waals surface area contributed by atoms with E-state index in [2.05, 4.69) is 15.5 Å². The number of carbonyl (C=O) groups excluding carboxylic acids is 1. The molecule has 0 radical (unpaired) electrons. The SMILES string of the molecule is CC[C@H](C)[C@H](NC(=O)Cc1ccc(F)cc1)c1nc(-c2ccc(C)cc2)no1. The van der Waals surface area contributed by atoms with Gasteiger partial charge < -0.3 is 9.84 Å². The summed E-state index contributed by atoms with van der Waals surface area (Å²) in [4.78, 5) is 17.0. The van der Waals surface area contributed by atoms with E-state index >= 15 is 0 Å². The van der Waals surface area contributed by atoms with E-state index in [0.717, 1.165) is 23.1 Å². The van der Waals surface area contributed by atoms with Gasteiger partial charge in [-0.1, -0.05) is 67.4 Å². The van der Waals surface area contributed by atoms with Crippen LogP contribution >= 0.6 is 0 Å². The molecule has 3 aromatic rings. The Kier molecular flexibility index (Phi) is 6.19. The van der Waals surface area contributed by atoms with E-state index in [-0.39, 0.29) is 30.1 Å². The number of amides is 1. The van der Waals surface area contributed by atoms with Crippen LogP contribution in [0.4, 0.5) is 4.39 Å². The maximum absolute atomic E-state index is 13.0. The third-order valence-corrected chi connectivity index (χ3v) is 4.82. The number of aryl methyl sites for hydroxylation is 1. The van der Waals surface area contributed by atoms with Gasteiger partial charge in [-0.15, -0.1) is 0 Å². The predicted molar refractivity (Wildman–Crippen MR) is 105 cm³/mol. The van der Waals surface area contributed by atoms with E-state index in [1.165, 1.54) is 12.1 Å². The number of halogens is 1. The first-order valence-electron chi connectivity index (χ1n) is 9.40. The zero-order valence-corrected chi connectivity index (χ0v) is 16.3. The summed E-state index contributed by atoms with van der Waals surface area (Å²) in [6.45, 7) is 6.08. The van der Waals surface area contributed by atoms with Crippen molar-refractivity contribution in [1.29, 1.82) is 0 Å². The Balaban J connectivity index is 1.75. The van der Waals surface area contributed by atoms with Gasteiger partial charge in [0, 0.05) is 5.56 Å². The lowest BCUT2D eigenvalue weighted by molar-refractivity contribution is -0.121. The van der Waals surface area contributed by atoms with E-state index in [1.807, 2.05) is 45.0 Å². The molecule has 2 aromatic carbocycles. The standard InChI is InChI=1S/C22H24FN3O2/c1-4-15(3)20(24-19(27)13-16-7-11-18(23)12-8-16)22-25-21(26-28-22)17-9-5-14(2)6-10-17/h5-12,15,20H,4,13H2,1-3H3,(H,24,27)/t15-,20-/m0/s1. The second-order valence-corrected chi connectivity index (χ2v) is 7.06. The molecule has 0 aliphatic carbocycles. The van der Waals surface area contributed by atoms with Gasteiger partial charge in [-0.25, -0.2) is 4.39 Å². The predicted octanol–water partition coefficient (Wildman–Crippen LogP) is 4.63. The Labute approximate surface area is 164 Å². The maximum atomic E-state index is 13.0. The number of carbonyl (C=O) groups is 1. The molecule has 0 aliphatic rings. The van der Waals surface area contributed by atoms with Crippen molar-refractivity contribution in [2.75, 3.05) is 0 Å². The van der Waals surface area contributed by atoms with Gasteiger partial charge in [-0.3, -0.25) is 4.79 Å². The normalized spacial score (nSPS) is 13.1. The fourth-order valence-corrected chi connectivity index (χ4v) is 2.88. The Bertz CT molecular complexity index is 920. The fourth-order valence-electron chi connectivity index (χ4n) is 2.88. The van der Waals surface area contributed by atoms with Gasteiger partial charge in [0.25, 0.3) is 0 Å². The third-order valence-electron chi connectivity index (χ3n) is 4.82. The van der Waals surface area contributed by atoms with Gasteiger partial charge >= 0.3 is 0 Å². The highest BCUT2D eigenvalue weighted by Gasteiger charge is 2.26. The van der Waals surface area contributed by atoms with Gasteiger partial charge in [-0.05, 0) is 30.5 Å². The maximum Gasteiger partial charge on any atom is 0.249 e. The molecule has 28 heavy (non-hydrogen) atoms. The Hall–Kier alpha value is -3.02. The minimum absolute atomic E-state index is 0.114. The molecule has 146 valence electrons. The minimum atomic E-state index is -0.385. The smallest absolute Gasteiger partial charge is 0.249 e. The zero-order chi connectivity index (χ0) is 20.1. The molecule has 0 bridgehead atoms. The van der Waals surface area contributed by atoms with Crippen LogP contribution in [-0.4, -0.2) is 16.0 Å². The average molecular weight is 381 g/mol. The molecule has 3 rings (SSSR count). The number of hydrogen-bond donors (Lipinski definition) is 1. The average Bonchev–Trinajstić information content (AvgIpc) is 3.17. The molecule has 0 saturated carbocycles. The van der Waals surface area contributed by atoms with Crippen LogP contribution in [0.15, 0.2) is 53.1 Å². The summed E-state index contributed by atoms with van der Waals surface area (Å²) in [5.74, 6) is 0.500. The zero-order valence-electron chi connectivity index (χ0n) is 16.3. The molecule has 0 unspecified atom stereocenters. The molecule has 6 heteroatoms. The number of hydrogen-bond acceptors (Lipinski definition) is 4. The number of benzene rings is 2. The highest BCUT2D eigenvalue weighted by Crippen LogP contribution is 2.26. The van der Waals surface area contributed by atoms with Crippen molar-refractivity contribution in [3.63, 3.8) is 0 Å². The second-order valence-electron chi connectivity index (χ2n) is 7.06. The lowest BCUT2D eigenvalue weighted by Crippen LogP contribution is -2.33. The van der Waals surface area contributed by atoms with E-state index in [4.69, 9.17) is 4.52 Å². The molecule has 1 amide bonds. The summed E-state index contributed by atoms with van der Waals surface area (Å²) in [5, 5.41) is 7.07. The molecule has 0 aliphatic heterocycles. The van der Waals surface area contributed by atoms with E-state index < -0.39 is 0 Å². The molecule has 0 spiro atoms. The molecular formula is C22H24FN3O2. The number of nitrogens with one attached hydrogen (secondary N) is 1. The summed E-state index contributed by atoms with van der Waals surface area (Å²) in [6.07, 6.45) is 0.996. The van der Waals surface area contributed by atoms with Crippen LogP contribution < -0.4 is 5.32 Å². The highest BCUT2D eigenvalue weighted by atomic mass is 19.1. The Morgan fingerprint density at radius 3 is 2.46 bits per heavy atom. The molecule has 0 saturated heterocycles. The van der Waals surface area contributed by atoms with Crippen molar-refractivity contribution in [2.24, 2.45) is 5.92 Å². The first kappa shape index (κ1) is 19.7. The lowest BCUT2D eigenvalue weighted by atomic mass is 9.98. The quantitative estimate of drug-likeness (QED) is 0.648. The lowest BCUT2D eigenvalue weighted by Gasteiger charge is -2.20. The van der Waals surface area contributed by atoms with Gasteiger partial charge in [0.05, 0.1) is 6.42 Å². The van der Waals surface area contributed by atoms with Crippen molar-refractivity contribution < 1.29 is 13.7 Å². The van der Waals surface area contributed by atoms with Gasteiger partial charge in [0.15, 0.2) is 0 Å². The summed E-state index contributed by atoms with van der Waals surface area (Å²) >= 11 is 0. The van der Waals surface area contributed by atoms with Crippen molar-refractivity contribution in [3.05, 3.63) is 71.4 Å². The van der Waals surface area contributed by atoms with Crippen LogP contribution in [0.3, 0.4) is 0 Å². The van der Waals surface area contributed by atoms with Crippen LogP contribution in [0.5, 0.6) is 0 Å². The molecule has 0 fully saturated rings. The van der Waals surface area contributed by atoms with E-state index in [9.17, 15) is 9.18 Å².